The first-order chi connectivity index (χ1) is 7.83. The third kappa shape index (κ3) is 8.41. The van der Waals surface area contributed by atoms with Gasteiger partial charge in [0.2, 0.25) is 15.2 Å². The van der Waals surface area contributed by atoms with Crippen LogP contribution in [0.1, 0.15) is 51.0 Å². The van der Waals surface area contributed by atoms with E-state index in [1.165, 1.54) is 49.4 Å². The van der Waals surface area contributed by atoms with Crippen LogP contribution < -0.4 is 4.43 Å². The summed E-state index contributed by atoms with van der Waals surface area (Å²) in [5, 5.41) is 1.44. The Morgan fingerprint density at radius 2 is 1.47 bits per heavy atom. The molecule has 0 bridgehead atoms. The molecule has 1 aromatic rings. The maximum Gasteiger partial charge on any atom is 0.250 e. The molecule has 0 aliphatic carbocycles. The van der Waals surface area contributed by atoms with Gasteiger partial charge >= 0.3 is 0 Å². The first-order valence-electron chi connectivity index (χ1n) is 6.73. The van der Waals surface area contributed by atoms with Crippen LogP contribution in [0, 0.1) is 6.92 Å². The van der Waals surface area contributed by atoms with Crippen LogP contribution in [-0.2, 0) is 0 Å². The zero-order valence-corrected chi connectivity index (χ0v) is 12.4. The Kier molecular flexibility index (Phi) is 10.6. The van der Waals surface area contributed by atoms with Crippen LogP contribution in [0.5, 0.6) is 0 Å². The maximum atomic E-state index is 2.31. The SMILES string of the molecule is CCCCCCC[CH2][Al][c]1ccc(C)cc1.F. The molecule has 95 valence electrons. The summed E-state index contributed by atoms with van der Waals surface area (Å²) in [7, 11) is 0. The first-order valence-corrected chi connectivity index (χ1v) is 8.12. The van der Waals surface area contributed by atoms with E-state index < -0.39 is 0 Å². The van der Waals surface area contributed by atoms with Crippen molar-refractivity contribution < 1.29 is 4.70 Å². The predicted molar refractivity (Wildman–Crippen MR) is 77.3 cm³/mol. The van der Waals surface area contributed by atoms with Crippen molar-refractivity contribution in [2.45, 2.75) is 57.7 Å². The average Bonchev–Trinajstić information content (AvgIpc) is 2.30. The van der Waals surface area contributed by atoms with Crippen LogP contribution in [0.3, 0.4) is 0 Å². The van der Waals surface area contributed by atoms with E-state index in [0.717, 1.165) is 0 Å². The van der Waals surface area contributed by atoms with Crippen LogP contribution >= 0.6 is 0 Å². The zero-order valence-electron chi connectivity index (χ0n) is 11.2. The Morgan fingerprint density at radius 1 is 0.882 bits per heavy atom. The van der Waals surface area contributed by atoms with Crippen molar-refractivity contribution in [1.82, 2.24) is 0 Å². The number of hydrogen-bond acceptors (Lipinski definition) is 0. The molecule has 0 saturated carbocycles. The van der Waals surface area contributed by atoms with Crippen LogP contribution in [0.2, 0.25) is 5.28 Å². The molecule has 1 rings (SSSR count). The molecular formula is C15H25AlF. The minimum atomic E-state index is 0. The Morgan fingerprint density at radius 3 is 2.12 bits per heavy atom. The quantitative estimate of drug-likeness (QED) is 0.478. The highest BCUT2D eigenvalue weighted by molar-refractivity contribution is 6.53. The summed E-state index contributed by atoms with van der Waals surface area (Å²) in [4.78, 5) is 0. The lowest BCUT2D eigenvalue weighted by atomic mass is 10.1. The Labute approximate surface area is 112 Å². The Hall–Kier alpha value is -0.318. The fraction of sp³-hybridized carbons (Fsp3) is 0.600. The summed E-state index contributed by atoms with van der Waals surface area (Å²) in [6, 6.07) is 9.09. The molecule has 0 atom stereocenters. The summed E-state index contributed by atoms with van der Waals surface area (Å²) in [5.74, 6) is 0. The van der Waals surface area contributed by atoms with Gasteiger partial charge in [-0.1, -0.05) is 80.6 Å². The number of unbranched alkanes of at least 4 members (excludes halogenated alkanes) is 5. The Balaban J connectivity index is 0.00000256. The van der Waals surface area contributed by atoms with Gasteiger partial charge in [-0.2, -0.15) is 0 Å². The van der Waals surface area contributed by atoms with E-state index in [2.05, 4.69) is 38.1 Å². The monoisotopic (exact) mass is 251 g/mol. The smallest absolute Gasteiger partial charge is 0.250 e. The van der Waals surface area contributed by atoms with E-state index in [9.17, 15) is 0 Å². The summed E-state index contributed by atoms with van der Waals surface area (Å²) in [5.41, 5.74) is 1.38. The molecule has 0 spiro atoms. The molecule has 17 heavy (non-hydrogen) atoms. The second-order valence-corrected chi connectivity index (χ2v) is 6.32. The van der Waals surface area contributed by atoms with E-state index in [0.29, 0.717) is 15.2 Å². The lowest BCUT2D eigenvalue weighted by molar-refractivity contribution is 0.624. The minimum absolute atomic E-state index is 0. The van der Waals surface area contributed by atoms with Gasteiger partial charge in [-0.3, -0.25) is 4.70 Å². The first kappa shape index (κ1) is 16.7. The van der Waals surface area contributed by atoms with Gasteiger partial charge in [0.1, 0.15) is 0 Å². The topological polar surface area (TPSA) is 0 Å². The zero-order chi connectivity index (χ0) is 11.6. The van der Waals surface area contributed by atoms with Gasteiger partial charge in [0.15, 0.2) is 0 Å². The Bertz CT molecular complexity index is 269. The van der Waals surface area contributed by atoms with Crippen molar-refractivity contribution in [1.29, 1.82) is 0 Å². The van der Waals surface area contributed by atoms with E-state index in [1.54, 1.807) is 4.43 Å². The molecule has 0 aliphatic heterocycles. The van der Waals surface area contributed by atoms with E-state index >= 15 is 0 Å². The van der Waals surface area contributed by atoms with Gasteiger partial charge in [-0.05, 0) is 6.92 Å². The van der Waals surface area contributed by atoms with Crippen LogP contribution in [0.25, 0.3) is 0 Å². The second-order valence-electron chi connectivity index (χ2n) is 4.67. The molecule has 0 aliphatic rings. The van der Waals surface area contributed by atoms with Crippen molar-refractivity contribution in [2.75, 3.05) is 0 Å². The standard InChI is InChI=1S/C8H17.C7H7.Al.FH/c1-3-5-7-8-6-4-2;1-7-5-3-2-4-6-7;;/h1,3-8H2,2H3;3-6H,1H3;;1H. The molecule has 1 radical (unpaired) electrons. The van der Waals surface area contributed by atoms with Crippen molar-refractivity contribution in [3.05, 3.63) is 29.8 Å². The van der Waals surface area contributed by atoms with Crippen molar-refractivity contribution >= 4 is 19.6 Å². The lowest BCUT2D eigenvalue weighted by Crippen LogP contribution is -2.12. The predicted octanol–water partition coefficient (Wildman–Crippen LogP) is 4.26. The molecule has 1 aromatic carbocycles. The molecule has 0 heterocycles. The van der Waals surface area contributed by atoms with Gasteiger partial charge in [0.05, 0.1) is 0 Å². The van der Waals surface area contributed by atoms with Gasteiger partial charge in [-0.15, -0.1) is 4.43 Å². The van der Waals surface area contributed by atoms with Crippen LogP contribution in [0.4, 0.5) is 4.70 Å². The van der Waals surface area contributed by atoms with Gasteiger partial charge in [0, 0.05) is 0 Å². The maximum absolute atomic E-state index is 2.31. The second kappa shape index (κ2) is 10.8. The number of rotatable bonds is 8. The molecular weight excluding hydrogens is 226 g/mol. The van der Waals surface area contributed by atoms with E-state index in [4.69, 9.17) is 0 Å². The highest BCUT2D eigenvalue weighted by Gasteiger charge is 1.96. The van der Waals surface area contributed by atoms with Crippen molar-refractivity contribution in [2.24, 2.45) is 0 Å². The molecule has 0 amide bonds. The molecule has 0 unspecified atom stereocenters. The molecule has 0 fully saturated rings. The third-order valence-corrected chi connectivity index (χ3v) is 4.57. The highest BCUT2D eigenvalue weighted by Crippen LogP contribution is 2.06. The summed E-state index contributed by atoms with van der Waals surface area (Å²) in [6.45, 7) is 4.44. The average molecular weight is 251 g/mol. The van der Waals surface area contributed by atoms with Crippen LogP contribution in [-0.4, -0.2) is 15.2 Å². The summed E-state index contributed by atoms with van der Waals surface area (Å²) in [6.07, 6.45) is 8.54. The molecule has 2 heteroatoms. The van der Waals surface area contributed by atoms with Crippen LogP contribution in [0.15, 0.2) is 24.3 Å². The van der Waals surface area contributed by atoms with E-state index in [1.807, 2.05) is 0 Å². The van der Waals surface area contributed by atoms with Gasteiger partial charge in [0.25, 0.3) is 0 Å². The molecule has 0 nitrogen and oxygen atoms in total. The number of aryl methyl sites for hydroxylation is 1. The minimum Gasteiger partial charge on any atom is -0.269 e. The summed E-state index contributed by atoms with van der Waals surface area (Å²) >= 11 is 0.523. The largest absolute Gasteiger partial charge is 0.269 e. The molecule has 0 aromatic heterocycles. The van der Waals surface area contributed by atoms with Crippen molar-refractivity contribution in [3.8, 4) is 0 Å². The van der Waals surface area contributed by atoms with E-state index in [-0.39, 0.29) is 4.70 Å². The number of hydrogen-bond donors (Lipinski definition) is 0. The van der Waals surface area contributed by atoms with Gasteiger partial charge in [-0.25, -0.2) is 0 Å². The molecule has 0 N–H and O–H groups in total. The van der Waals surface area contributed by atoms with Gasteiger partial charge < -0.3 is 0 Å². The van der Waals surface area contributed by atoms with Crippen molar-refractivity contribution in [3.63, 3.8) is 0 Å². The lowest BCUT2D eigenvalue weighted by Gasteiger charge is -2.01. The fourth-order valence-electron chi connectivity index (χ4n) is 1.90. The number of benzene rings is 1. The normalized spacial score (nSPS) is 9.76. The highest BCUT2D eigenvalue weighted by atomic mass is 27.1. The fourth-order valence-corrected chi connectivity index (χ4v) is 3.19. The summed E-state index contributed by atoms with van der Waals surface area (Å²) < 4.78 is 1.58. The molecule has 0 saturated heterocycles. The number of halogens is 1. The third-order valence-electron chi connectivity index (χ3n) is 3.02.